The van der Waals surface area contributed by atoms with Crippen molar-refractivity contribution < 1.29 is 9.90 Å². The van der Waals surface area contributed by atoms with E-state index in [1.165, 1.54) is 38.5 Å². The lowest BCUT2D eigenvalue weighted by Crippen LogP contribution is -1.98. The molecule has 0 amide bonds. The topological polar surface area (TPSA) is 37.3 Å². The number of hydrogen-bond donors (Lipinski definition) is 1. The predicted molar refractivity (Wildman–Crippen MR) is 63.9 cm³/mol. The maximum absolute atomic E-state index is 10.0. The molecule has 0 heterocycles. The van der Waals surface area contributed by atoms with Crippen LogP contribution in [0.2, 0.25) is 0 Å². The van der Waals surface area contributed by atoms with Gasteiger partial charge in [-0.2, -0.15) is 0 Å². The van der Waals surface area contributed by atoms with E-state index in [1.807, 2.05) is 6.92 Å². The normalized spacial score (nSPS) is 12.7. The van der Waals surface area contributed by atoms with Gasteiger partial charge < -0.3 is 9.90 Å². The zero-order chi connectivity index (χ0) is 11.4. The van der Waals surface area contributed by atoms with E-state index in [-0.39, 0.29) is 6.10 Å². The van der Waals surface area contributed by atoms with Crippen molar-refractivity contribution in [2.24, 2.45) is 0 Å². The summed E-state index contributed by atoms with van der Waals surface area (Å²) in [5.41, 5.74) is 0. The van der Waals surface area contributed by atoms with E-state index in [4.69, 9.17) is 5.11 Å². The number of rotatable bonds is 11. The standard InChI is InChI=1S/C13H26O2/c1-13(15)11-9-7-5-3-2-4-6-8-10-12-14/h12-13,15H,2-11H2,1H3. The maximum atomic E-state index is 10.0. The molecule has 0 aromatic carbocycles. The molecule has 1 N–H and O–H groups in total. The van der Waals surface area contributed by atoms with Crippen LogP contribution in [0.25, 0.3) is 0 Å². The minimum absolute atomic E-state index is 0.131. The fourth-order valence-electron chi connectivity index (χ4n) is 1.73. The summed E-state index contributed by atoms with van der Waals surface area (Å²) in [4.78, 5) is 10.0. The summed E-state index contributed by atoms with van der Waals surface area (Å²) in [6.45, 7) is 1.85. The van der Waals surface area contributed by atoms with Gasteiger partial charge in [-0.25, -0.2) is 0 Å². The molecule has 15 heavy (non-hydrogen) atoms. The number of aliphatic hydroxyl groups is 1. The molecule has 0 saturated carbocycles. The number of hydrogen-bond acceptors (Lipinski definition) is 2. The SMILES string of the molecule is CC(O)CCCCCCCCCCC=O. The summed E-state index contributed by atoms with van der Waals surface area (Å²) < 4.78 is 0. The molecule has 0 aromatic heterocycles. The van der Waals surface area contributed by atoms with Crippen LogP contribution in [0.5, 0.6) is 0 Å². The van der Waals surface area contributed by atoms with Crippen LogP contribution in [0.15, 0.2) is 0 Å². The zero-order valence-electron chi connectivity index (χ0n) is 10.1. The fraction of sp³-hybridized carbons (Fsp3) is 0.923. The summed E-state index contributed by atoms with van der Waals surface area (Å²) in [5, 5.41) is 9.05. The fourth-order valence-corrected chi connectivity index (χ4v) is 1.73. The second-order valence-corrected chi connectivity index (χ2v) is 4.42. The van der Waals surface area contributed by atoms with Gasteiger partial charge in [0.05, 0.1) is 6.10 Å². The molecule has 0 spiro atoms. The quantitative estimate of drug-likeness (QED) is 0.422. The van der Waals surface area contributed by atoms with Gasteiger partial charge in [0.2, 0.25) is 0 Å². The molecule has 0 aliphatic heterocycles. The lowest BCUT2D eigenvalue weighted by molar-refractivity contribution is -0.107. The third-order valence-electron chi connectivity index (χ3n) is 2.69. The van der Waals surface area contributed by atoms with Gasteiger partial charge in [0.1, 0.15) is 6.29 Å². The van der Waals surface area contributed by atoms with Gasteiger partial charge in [0, 0.05) is 6.42 Å². The first-order chi connectivity index (χ1) is 7.27. The Hall–Kier alpha value is -0.370. The Morgan fingerprint density at radius 3 is 1.87 bits per heavy atom. The van der Waals surface area contributed by atoms with Crippen LogP contribution in [0.4, 0.5) is 0 Å². The Balaban J connectivity index is 2.89. The summed E-state index contributed by atoms with van der Waals surface area (Å²) in [6.07, 6.45) is 12.4. The van der Waals surface area contributed by atoms with Crippen molar-refractivity contribution in [3.05, 3.63) is 0 Å². The molecule has 0 bridgehead atoms. The van der Waals surface area contributed by atoms with E-state index in [0.717, 1.165) is 32.0 Å². The highest BCUT2D eigenvalue weighted by molar-refractivity contribution is 5.48. The van der Waals surface area contributed by atoms with Crippen LogP contribution in [-0.2, 0) is 4.79 Å². The van der Waals surface area contributed by atoms with E-state index in [2.05, 4.69) is 0 Å². The Bertz CT molecular complexity index is 132. The van der Waals surface area contributed by atoms with Gasteiger partial charge in [-0.1, -0.05) is 44.9 Å². The molecule has 2 nitrogen and oxygen atoms in total. The average Bonchev–Trinajstić information content (AvgIpc) is 2.20. The molecule has 0 fully saturated rings. The van der Waals surface area contributed by atoms with Crippen molar-refractivity contribution in [2.75, 3.05) is 0 Å². The van der Waals surface area contributed by atoms with Crippen LogP contribution >= 0.6 is 0 Å². The number of carbonyl (C=O) groups is 1. The molecule has 2 heteroatoms. The third kappa shape index (κ3) is 13.6. The minimum atomic E-state index is -0.131. The highest BCUT2D eigenvalue weighted by Gasteiger charge is 1.95. The average molecular weight is 214 g/mol. The number of aldehydes is 1. The summed E-state index contributed by atoms with van der Waals surface area (Å²) in [6, 6.07) is 0. The third-order valence-corrected chi connectivity index (χ3v) is 2.69. The molecule has 90 valence electrons. The van der Waals surface area contributed by atoms with E-state index < -0.39 is 0 Å². The lowest BCUT2D eigenvalue weighted by atomic mass is 10.1. The first kappa shape index (κ1) is 14.6. The Morgan fingerprint density at radius 2 is 1.40 bits per heavy atom. The summed E-state index contributed by atoms with van der Waals surface area (Å²) in [7, 11) is 0. The minimum Gasteiger partial charge on any atom is -0.393 e. The summed E-state index contributed by atoms with van der Waals surface area (Å²) in [5.74, 6) is 0. The van der Waals surface area contributed by atoms with Crippen LogP contribution in [0, 0.1) is 0 Å². The second-order valence-electron chi connectivity index (χ2n) is 4.42. The number of unbranched alkanes of at least 4 members (excludes halogenated alkanes) is 8. The molecule has 0 radical (unpaired) electrons. The first-order valence-corrected chi connectivity index (χ1v) is 6.39. The maximum Gasteiger partial charge on any atom is 0.119 e. The van der Waals surface area contributed by atoms with Gasteiger partial charge >= 0.3 is 0 Å². The second kappa shape index (κ2) is 11.7. The predicted octanol–water partition coefficient (Wildman–Crippen LogP) is 3.47. The Kier molecular flexibility index (Phi) is 11.4. The van der Waals surface area contributed by atoms with Crippen LogP contribution in [0.3, 0.4) is 0 Å². The highest BCUT2D eigenvalue weighted by atomic mass is 16.3. The molecule has 0 aliphatic rings. The lowest BCUT2D eigenvalue weighted by Gasteiger charge is -2.03. The van der Waals surface area contributed by atoms with Gasteiger partial charge in [0.15, 0.2) is 0 Å². The molecular formula is C13H26O2. The van der Waals surface area contributed by atoms with Gasteiger partial charge in [-0.15, -0.1) is 0 Å². The van der Waals surface area contributed by atoms with Crippen LogP contribution in [-0.4, -0.2) is 17.5 Å². The molecule has 0 aliphatic carbocycles. The monoisotopic (exact) mass is 214 g/mol. The van der Waals surface area contributed by atoms with E-state index in [9.17, 15) is 4.79 Å². The van der Waals surface area contributed by atoms with Gasteiger partial charge in [-0.3, -0.25) is 0 Å². The van der Waals surface area contributed by atoms with Crippen LogP contribution in [0.1, 0.15) is 71.1 Å². The van der Waals surface area contributed by atoms with Crippen molar-refractivity contribution in [3.63, 3.8) is 0 Å². The summed E-state index contributed by atoms with van der Waals surface area (Å²) >= 11 is 0. The number of carbonyl (C=O) groups excluding carboxylic acids is 1. The largest absolute Gasteiger partial charge is 0.393 e. The highest BCUT2D eigenvalue weighted by Crippen LogP contribution is 2.10. The Labute approximate surface area is 94.1 Å². The van der Waals surface area contributed by atoms with E-state index in [1.54, 1.807) is 0 Å². The molecule has 0 saturated heterocycles. The van der Waals surface area contributed by atoms with Gasteiger partial charge in [-0.05, 0) is 19.8 Å². The first-order valence-electron chi connectivity index (χ1n) is 6.39. The molecule has 1 unspecified atom stereocenters. The molecule has 0 rings (SSSR count). The zero-order valence-corrected chi connectivity index (χ0v) is 10.1. The number of aliphatic hydroxyl groups excluding tert-OH is 1. The van der Waals surface area contributed by atoms with Crippen molar-refractivity contribution >= 4 is 6.29 Å². The van der Waals surface area contributed by atoms with Crippen molar-refractivity contribution in [2.45, 2.75) is 77.2 Å². The molecular weight excluding hydrogens is 188 g/mol. The van der Waals surface area contributed by atoms with Crippen molar-refractivity contribution in [1.29, 1.82) is 0 Å². The van der Waals surface area contributed by atoms with Crippen molar-refractivity contribution in [3.8, 4) is 0 Å². The molecule has 1 atom stereocenters. The van der Waals surface area contributed by atoms with Crippen LogP contribution < -0.4 is 0 Å². The smallest absolute Gasteiger partial charge is 0.119 e. The van der Waals surface area contributed by atoms with E-state index >= 15 is 0 Å². The van der Waals surface area contributed by atoms with E-state index in [0.29, 0.717) is 0 Å². The Morgan fingerprint density at radius 1 is 0.933 bits per heavy atom. The van der Waals surface area contributed by atoms with Crippen molar-refractivity contribution in [1.82, 2.24) is 0 Å². The molecule has 0 aromatic rings. The van der Waals surface area contributed by atoms with Gasteiger partial charge in [0.25, 0.3) is 0 Å².